The zero-order valence-electron chi connectivity index (χ0n) is 17.4. The molecular formula is C24H23N5O2. The first-order chi connectivity index (χ1) is 15.3. The van der Waals surface area contributed by atoms with Crippen LogP contribution in [0.1, 0.15) is 35.2 Å². The van der Waals surface area contributed by atoms with Crippen LogP contribution in [0.25, 0.3) is 21.5 Å². The number of para-hydroxylation sites is 2. The summed E-state index contributed by atoms with van der Waals surface area (Å²) in [6.45, 7) is 2.68. The first-order valence-electron chi connectivity index (χ1n) is 10.3. The van der Waals surface area contributed by atoms with E-state index in [1.54, 1.807) is 0 Å². The van der Waals surface area contributed by atoms with E-state index in [9.17, 15) is 0 Å². The highest BCUT2D eigenvalue weighted by Crippen LogP contribution is 2.25. The molecule has 0 spiro atoms. The predicted octanol–water partition coefficient (Wildman–Crippen LogP) is 5.96. The van der Waals surface area contributed by atoms with Gasteiger partial charge in [0.05, 0.1) is 12.2 Å². The molecule has 0 aliphatic heterocycles. The Bertz CT molecular complexity index is 1180. The van der Waals surface area contributed by atoms with E-state index in [0.717, 1.165) is 39.9 Å². The Morgan fingerprint density at radius 3 is 2.58 bits per heavy atom. The number of hydrogen-bond acceptors (Lipinski definition) is 5. The lowest BCUT2D eigenvalue weighted by Gasteiger charge is -2.14. The van der Waals surface area contributed by atoms with Crippen LogP contribution in [0.5, 0.6) is 5.88 Å². The molecule has 0 aliphatic carbocycles. The van der Waals surface area contributed by atoms with Gasteiger partial charge < -0.3 is 9.15 Å². The number of fused-ring (bicyclic) bond motifs is 1. The SMILES string of the molecule is CCc1cc(CCc2nc3ccccc3o2)c(OCc2ccccc2)nc1CN=[N+]=[N-]. The molecule has 0 atom stereocenters. The van der Waals surface area contributed by atoms with Gasteiger partial charge in [0.2, 0.25) is 5.88 Å². The Morgan fingerprint density at radius 2 is 1.81 bits per heavy atom. The number of hydrogen-bond donors (Lipinski definition) is 0. The van der Waals surface area contributed by atoms with Crippen molar-refractivity contribution in [2.45, 2.75) is 39.3 Å². The van der Waals surface area contributed by atoms with E-state index in [4.69, 9.17) is 19.7 Å². The molecule has 4 aromatic rings. The molecule has 0 fully saturated rings. The van der Waals surface area contributed by atoms with Crippen molar-refractivity contribution < 1.29 is 9.15 Å². The average molecular weight is 413 g/mol. The molecule has 7 heteroatoms. The fourth-order valence-corrected chi connectivity index (χ4v) is 3.46. The summed E-state index contributed by atoms with van der Waals surface area (Å²) in [7, 11) is 0. The Labute approximate surface area is 180 Å². The summed E-state index contributed by atoms with van der Waals surface area (Å²) < 4.78 is 12.0. The largest absolute Gasteiger partial charge is 0.473 e. The maximum Gasteiger partial charge on any atom is 0.217 e. The average Bonchev–Trinajstić information content (AvgIpc) is 3.24. The number of ether oxygens (including phenoxy) is 1. The molecule has 0 saturated carbocycles. The number of benzene rings is 2. The van der Waals surface area contributed by atoms with Crippen LogP contribution >= 0.6 is 0 Å². The van der Waals surface area contributed by atoms with Crippen LogP contribution < -0.4 is 4.74 Å². The monoisotopic (exact) mass is 413 g/mol. The molecule has 2 aromatic carbocycles. The summed E-state index contributed by atoms with van der Waals surface area (Å²) in [5.74, 6) is 1.24. The van der Waals surface area contributed by atoms with E-state index in [2.05, 4.69) is 28.0 Å². The molecule has 7 nitrogen and oxygen atoms in total. The van der Waals surface area contributed by atoms with Crippen molar-refractivity contribution in [2.24, 2.45) is 5.11 Å². The second kappa shape index (κ2) is 9.78. The van der Waals surface area contributed by atoms with Gasteiger partial charge in [0.1, 0.15) is 12.1 Å². The number of aryl methyl sites for hydroxylation is 3. The van der Waals surface area contributed by atoms with Gasteiger partial charge in [-0.2, -0.15) is 0 Å². The Kier molecular flexibility index (Phi) is 6.45. The number of pyridine rings is 1. The van der Waals surface area contributed by atoms with Crippen molar-refractivity contribution in [3.63, 3.8) is 0 Å². The quantitative estimate of drug-likeness (QED) is 0.192. The summed E-state index contributed by atoms with van der Waals surface area (Å²) in [6, 6.07) is 19.8. The molecule has 0 radical (unpaired) electrons. The molecule has 0 amide bonds. The van der Waals surface area contributed by atoms with Gasteiger partial charge >= 0.3 is 0 Å². The van der Waals surface area contributed by atoms with E-state index in [-0.39, 0.29) is 6.54 Å². The van der Waals surface area contributed by atoms with Gasteiger partial charge in [-0.1, -0.05) is 54.5 Å². The standard InChI is InChI=1S/C24H23N5O2/c1-2-18-14-19(12-13-23-27-20-10-6-7-11-22(20)31-23)24(28-21(18)15-26-29-25)30-16-17-8-4-3-5-9-17/h3-11,14H,2,12-13,15-16H2,1H3. The molecule has 2 aromatic heterocycles. The van der Waals surface area contributed by atoms with Crippen LogP contribution in [-0.4, -0.2) is 9.97 Å². The van der Waals surface area contributed by atoms with Crippen LogP contribution in [-0.2, 0) is 32.4 Å². The summed E-state index contributed by atoms with van der Waals surface area (Å²) in [5.41, 5.74) is 14.2. The minimum Gasteiger partial charge on any atom is -0.473 e. The Balaban J connectivity index is 1.60. The summed E-state index contributed by atoms with van der Waals surface area (Å²) in [5, 5.41) is 3.70. The van der Waals surface area contributed by atoms with Crippen molar-refractivity contribution in [1.29, 1.82) is 0 Å². The number of oxazole rings is 1. The first-order valence-corrected chi connectivity index (χ1v) is 10.3. The third kappa shape index (κ3) is 5.02. The number of rotatable bonds is 9. The van der Waals surface area contributed by atoms with E-state index >= 15 is 0 Å². The van der Waals surface area contributed by atoms with Gasteiger partial charge in [-0.15, -0.1) is 0 Å². The molecule has 0 aliphatic rings. The van der Waals surface area contributed by atoms with Crippen molar-refractivity contribution in [3.8, 4) is 5.88 Å². The van der Waals surface area contributed by atoms with Gasteiger partial charge in [-0.25, -0.2) is 9.97 Å². The third-order valence-corrected chi connectivity index (χ3v) is 5.06. The fraction of sp³-hybridized carbons (Fsp3) is 0.250. The van der Waals surface area contributed by atoms with Gasteiger partial charge in [0, 0.05) is 16.9 Å². The predicted molar refractivity (Wildman–Crippen MR) is 119 cm³/mol. The van der Waals surface area contributed by atoms with E-state index in [0.29, 0.717) is 31.2 Å². The molecular weight excluding hydrogens is 390 g/mol. The van der Waals surface area contributed by atoms with Gasteiger partial charge in [0.15, 0.2) is 11.5 Å². The third-order valence-electron chi connectivity index (χ3n) is 5.06. The van der Waals surface area contributed by atoms with Gasteiger partial charge in [-0.3, -0.25) is 0 Å². The number of nitrogens with zero attached hydrogens (tertiary/aromatic N) is 5. The normalized spacial score (nSPS) is 10.7. The molecule has 31 heavy (non-hydrogen) atoms. The number of aromatic nitrogens is 2. The van der Waals surface area contributed by atoms with Crippen LogP contribution in [0.15, 0.2) is 70.2 Å². The van der Waals surface area contributed by atoms with Crippen molar-refractivity contribution in [2.75, 3.05) is 0 Å². The van der Waals surface area contributed by atoms with Gasteiger partial charge in [0.25, 0.3) is 0 Å². The van der Waals surface area contributed by atoms with Crippen molar-refractivity contribution in [1.82, 2.24) is 9.97 Å². The minimum absolute atomic E-state index is 0.201. The van der Waals surface area contributed by atoms with Crippen LogP contribution in [0.3, 0.4) is 0 Å². The molecule has 4 rings (SSSR count). The first kappa shape index (κ1) is 20.4. The maximum atomic E-state index is 8.72. The van der Waals surface area contributed by atoms with Crippen LogP contribution in [0, 0.1) is 0 Å². The molecule has 156 valence electrons. The van der Waals surface area contributed by atoms with Crippen LogP contribution in [0.2, 0.25) is 0 Å². The zero-order chi connectivity index (χ0) is 21.5. The Hall–Kier alpha value is -3.83. The highest BCUT2D eigenvalue weighted by molar-refractivity contribution is 5.72. The molecule has 0 unspecified atom stereocenters. The van der Waals surface area contributed by atoms with Crippen LogP contribution in [0.4, 0.5) is 0 Å². The smallest absolute Gasteiger partial charge is 0.217 e. The van der Waals surface area contributed by atoms with E-state index in [1.165, 1.54) is 0 Å². The summed E-state index contributed by atoms with van der Waals surface area (Å²) in [6.07, 6.45) is 2.10. The molecule has 0 bridgehead atoms. The summed E-state index contributed by atoms with van der Waals surface area (Å²) in [4.78, 5) is 12.2. The van der Waals surface area contributed by atoms with Gasteiger partial charge in [-0.05, 0) is 47.7 Å². The zero-order valence-corrected chi connectivity index (χ0v) is 17.4. The molecule has 0 N–H and O–H groups in total. The minimum atomic E-state index is 0.201. The lowest BCUT2D eigenvalue weighted by Crippen LogP contribution is -2.07. The lowest BCUT2D eigenvalue weighted by atomic mass is 10.0. The second-order valence-electron chi connectivity index (χ2n) is 7.15. The second-order valence-corrected chi connectivity index (χ2v) is 7.15. The summed E-state index contributed by atoms with van der Waals surface area (Å²) >= 11 is 0. The van der Waals surface area contributed by atoms with E-state index < -0.39 is 0 Å². The van der Waals surface area contributed by atoms with Crippen molar-refractivity contribution in [3.05, 3.63) is 99.4 Å². The Morgan fingerprint density at radius 1 is 1.00 bits per heavy atom. The number of azide groups is 1. The highest BCUT2D eigenvalue weighted by atomic mass is 16.5. The molecule has 0 saturated heterocycles. The maximum absolute atomic E-state index is 8.72. The highest BCUT2D eigenvalue weighted by Gasteiger charge is 2.14. The topological polar surface area (TPSA) is 96.9 Å². The molecule has 2 heterocycles. The fourth-order valence-electron chi connectivity index (χ4n) is 3.46. The van der Waals surface area contributed by atoms with E-state index in [1.807, 2.05) is 54.6 Å². The van der Waals surface area contributed by atoms with Crippen molar-refractivity contribution >= 4 is 11.1 Å². The lowest BCUT2D eigenvalue weighted by molar-refractivity contribution is 0.289.